The Morgan fingerprint density at radius 2 is 1.83 bits per heavy atom. The third-order valence-corrected chi connectivity index (χ3v) is 7.13. The molecule has 6 nitrogen and oxygen atoms in total. The van der Waals surface area contributed by atoms with E-state index in [-0.39, 0.29) is 16.2 Å². The second kappa shape index (κ2) is 9.63. The van der Waals surface area contributed by atoms with Gasteiger partial charge in [0.15, 0.2) is 0 Å². The van der Waals surface area contributed by atoms with E-state index in [9.17, 15) is 18.5 Å². The summed E-state index contributed by atoms with van der Waals surface area (Å²) >= 11 is 12.0. The molecule has 0 radical (unpaired) electrons. The van der Waals surface area contributed by atoms with Gasteiger partial charge in [-0.2, -0.15) is 9.57 Å². The Bertz CT molecular complexity index is 1130. The number of benzene rings is 2. The molecule has 0 unspecified atom stereocenters. The molecule has 30 heavy (non-hydrogen) atoms. The van der Waals surface area contributed by atoms with Crippen LogP contribution in [0, 0.1) is 11.3 Å². The zero-order valence-electron chi connectivity index (χ0n) is 15.9. The predicted octanol–water partition coefficient (Wildman–Crippen LogP) is 4.71. The van der Waals surface area contributed by atoms with Crippen LogP contribution in [0.2, 0.25) is 10.0 Å². The highest BCUT2D eigenvalue weighted by Crippen LogP contribution is 2.25. The van der Waals surface area contributed by atoms with Crippen molar-refractivity contribution >= 4 is 50.9 Å². The number of carbonyl (C=O) groups excluding carboxylic acids is 1. The molecule has 0 aliphatic carbocycles. The molecule has 0 aromatic heterocycles. The van der Waals surface area contributed by atoms with Gasteiger partial charge in [0.05, 0.1) is 4.90 Å². The first-order valence-electron chi connectivity index (χ1n) is 9.29. The summed E-state index contributed by atoms with van der Waals surface area (Å²) < 4.78 is 27.1. The lowest BCUT2D eigenvalue weighted by Crippen LogP contribution is -2.35. The van der Waals surface area contributed by atoms with Gasteiger partial charge < -0.3 is 5.32 Å². The molecule has 156 valence electrons. The molecule has 2 aromatic rings. The minimum Gasteiger partial charge on any atom is -0.321 e. The number of nitriles is 1. The zero-order chi connectivity index (χ0) is 21.7. The fraction of sp³-hybridized carbons (Fsp3) is 0.238. The summed E-state index contributed by atoms with van der Waals surface area (Å²) in [6.45, 7) is 0.976. The van der Waals surface area contributed by atoms with E-state index in [1.807, 2.05) is 6.07 Å². The first kappa shape index (κ1) is 22.3. The molecule has 9 heteroatoms. The van der Waals surface area contributed by atoms with Gasteiger partial charge in [0.2, 0.25) is 10.0 Å². The van der Waals surface area contributed by atoms with Gasteiger partial charge in [-0.3, -0.25) is 4.79 Å². The van der Waals surface area contributed by atoms with Crippen LogP contribution in [0.1, 0.15) is 24.8 Å². The first-order valence-corrected chi connectivity index (χ1v) is 11.5. The number of sulfonamides is 1. The summed E-state index contributed by atoms with van der Waals surface area (Å²) in [5.74, 6) is -0.670. The molecule has 1 aliphatic rings. The summed E-state index contributed by atoms with van der Waals surface area (Å²) in [6, 6.07) is 12.6. The Hall–Kier alpha value is -2.37. The molecule has 1 aliphatic heterocycles. The summed E-state index contributed by atoms with van der Waals surface area (Å²) in [7, 11) is -3.63. The maximum Gasteiger partial charge on any atom is 0.266 e. The highest BCUT2D eigenvalue weighted by atomic mass is 35.5. The van der Waals surface area contributed by atoms with Crippen LogP contribution in [0.4, 0.5) is 5.69 Å². The average molecular weight is 464 g/mol. The highest BCUT2D eigenvalue weighted by molar-refractivity contribution is 7.89. The standard InChI is InChI=1S/C21H19Cl2N3O3S/c22-17-8-7-15(20(23)12-17)11-16(14-24)21(27)25-18-5-4-6-19(13-18)30(28,29)26-9-2-1-3-10-26/h4-8,11-13H,1-3,9-10H2,(H,25,27)/b16-11-. The van der Waals surface area contributed by atoms with Gasteiger partial charge in [-0.15, -0.1) is 0 Å². The molecule has 1 N–H and O–H groups in total. The van der Waals surface area contributed by atoms with Gasteiger partial charge in [0.25, 0.3) is 5.91 Å². The first-order chi connectivity index (χ1) is 14.3. The molecule has 0 bridgehead atoms. The number of hydrogen-bond acceptors (Lipinski definition) is 4. The SMILES string of the molecule is N#C/C(=C/c1ccc(Cl)cc1Cl)C(=O)Nc1cccc(S(=O)(=O)N2CCCCC2)c1. The number of nitrogens with zero attached hydrogens (tertiary/aromatic N) is 2. The summed E-state index contributed by atoms with van der Waals surface area (Å²) in [6.07, 6.45) is 4.03. The van der Waals surface area contributed by atoms with Crippen LogP contribution in [0.15, 0.2) is 52.9 Å². The van der Waals surface area contributed by atoms with Crippen molar-refractivity contribution in [2.75, 3.05) is 18.4 Å². The van der Waals surface area contributed by atoms with Crippen LogP contribution >= 0.6 is 23.2 Å². The Labute approximate surface area is 185 Å². The lowest BCUT2D eigenvalue weighted by atomic mass is 10.1. The van der Waals surface area contributed by atoms with Crippen molar-refractivity contribution in [1.82, 2.24) is 4.31 Å². The molecule has 1 heterocycles. The monoisotopic (exact) mass is 463 g/mol. The van der Waals surface area contributed by atoms with E-state index < -0.39 is 15.9 Å². The largest absolute Gasteiger partial charge is 0.321 e. The number of anilines is 1. The van der Waals surface area contributed by atoms with Crippen molar-refractivity contribution in [1.29, 1.82) is 5.26 Å². The van der Waals surface area contributed by atoms with Gasteiger partial charge in [0, 0.05) is 28.8 Å². The maximum absolute atomic E-state index is 12.8. The Balaban J connectivity index is 1.82. The van der Waals surface area contributed by atoms with E-state index in [4.69, 9.17) is 23.2 Å². The molecule has 1 saturated heterocycles. The third-order valence-electron chi connectivity index (χ3n) is 4.67. The molecule has 1 fully saturated rings. The van der Waals surface area contributed by atoms with Crippen LogP contribution in [0.25, 0.3) is 6.08 Å². The summed E-state index contributed by atoms with van der Waals surface area (Å²) in [5, 5.41) is 12.7. The molecule has 1 amide bonds. The highest BCUT2D eigenvalue weighted by Gasteiger charge is 2.26. The van der Waals surface area contributed by atoms with Gasteiger partial charge in [-0.05, 0) is 54.8 Å². The van der Waals surface area contributed by atoms with E-state index in [0.29, 0.717) is 28.7 Å². The average Bonchev–Trinajstić information content (AvgIpc) is 2.74. The molecular formula is C21H19Cl2N3O3S. The lowest BCUT2D eigenvalue weighted by molar-refractivity contribution is -0.112. The molecule has 0 spiro atoms. The second-order valence-electron chi connectivity index (χ2n) is 6.78. The van der Waals surface area contributed by atoms with Gasteiger partial charge in [0.1, 0.15) is 11.6 Å². The fourth-order valence-electron chi connectivity index (χ4n) is 3.11. The Kier molecular flexibility index (Phi) is 7.16. The van der Waals surface area contributed by atoms with Gasteiger partial charge >= 0.3 is 0 Å². The van der Waals surface area contributed by atoms with Crippen molar-refractivity contribution in [2.45, 2.75) is 24.2 Å². The zero-order valence-corrected chi connectivity index (χ0v) is 18.3. The summed E-state index contributed by atoms with van der Waals surface area (Å²) in [5.41, 5.74) is 0.569. The number of nitrogens with one attached hydrogen (secondary N) is 1. The van der Waals surface area contributed by atoms with Crippen molar-refractivity contribution in [3.05, 3.63) is 63.6 Å². The minimum absolute atomic E-state index is 0.102. The van der Waals surface area contributed by atoms with Crippen LogP contribution in [0.5, 0.6) is 0 Å². The van der Waals surface area contributed by atoms with E-state index in [1.165, 1.54) is 28.6 Å². The van der Waals surface area contributed by atoms with E-state index in [0.717, 1.165) is 19.3 Å². The fourth-order valence-corrected chi connectivity index (χ4v) is 5.14. The van der Waals surface area contributed by atoms with Crippen molar-refractivity contribution < 1.29 is 13.2 Å². The Morgan fingerprint density at radius 3 is 2.50 bits per heavy atom. The molecule has 0 atom stereocenters. The summed E-state index contributed by atoms with van der Waals surface area (Å²) in [4.78, 5) is 12.7. The van der Waals surface area contributed by atoms with Gasteiger partial charge in [-0.25, -0.2) is 8.42 Å². The van der Waals surface area contributed by atoms with E-state index in [2.05, 4.69) is 5.32 Å². The van der Waals surface area contributed by atoms with Crippen LogP contribution in [-0.4, -0.2) is 31.7 Å². The molecular weight excluding hydrogens is 445 g/mol. The van der Waals surface area contributed by atoms with Crippen molar-refractivity contribution in [2.24, 2.45) is 0 Å². The number of piperidine rings is 1. The lowest BCUT2D eigenvalue weighted by Gasteiger charge is -2.26. The molecule has 0 saturated carbocycles. The normalized spacial score (nSPS) is 15.4. The van der Waals surface area contributed by atoms with Crippen LogP contribution < -0.4 is 5.32 Å². The number of amides is 1. The third kappa shape index (κ3) is 5.21. The smallest absolute Gasteiger partial charge is 0.266 e. The number of halogens is 2. The topological polar surface area (TPSA) is 90.3 Å². The number of carbonyl (C=O) groups is 1. The minimum atomic E-state index is -3.63. The Morgan fingerprint density at radius 1 is 1.10 bits per heavy atom. The molecule has 2 aromatic carbocycles. The van der Waals surface area contributed by atoms with Crippen molar-refractivity contribution in [3.8, 4) is 6.07 Å². The van der Waals surface area contributed by atoms with E-state index >= 15 is 0 Å². The van der Waals surface area contributed by atoms with Crippen LogP contribution in [-0.2, 0) is 14.8 Å². The quantitative estimate of drug-likeness (QED) is 0.513. The number of hydrogen-bond donors (Lipinski definition) is 1. The second-order valence-corrected chi connectivity index (χ2v) is 9.56. The maximum atomic E-state index is 12.8. The van der Waals surface area contributed by atoms with E-state index in [1.54, 1.807) is 24.3 Å². The van der Waals surface area contributed by atoms with Crippen molar-refractivity contribution in [3.63, 3.8) is 0 Å². The van der Waals surface area contributed by atoms with Gasteiger partial charge in [-0.1, -0.05) is 41.8 Å². The van der Waals surface area contributed by atoms with Crippen LogP contribution in [0.3, 0.4) is 0 Å². The molecule has 3 rings (SSSR count). The predicted molar refractivity (Wildman–Crippen MR) is 118 cm³/mol. The number of rotatable bonds is 5.